The summed E-state index contributed by atoms with van der Waals surface area (Å²) in [7, 11) is -3.29. The van der Waals surface area contributed by atoms with E-state index in [4.69, 9.17) is 10.5 Å². The topological polar surface area (TPSA) is 102 Å². The van der Waals surface area contributed by atoms with E-state index in [1.807, 2.05) is 24.3 Å². The Morgan fingerprint density at radius 1 is 1.06 bits per heavy atom. The van der Waals surface area contributed by atoms with Gasteiger partial charge in [0.2, 0.25) is 15.9 Å². The molecular weight excluding hydrogens is 438 g/mol. The monoisotopic (exact) mass is 469 g/mol. The lowest BCUT2D eigenvalue weighted by Crippen LogP contribution is -2.53. The number of primary amides is 1. The first kappa shape index (κ1) is 22.2. The maximum Gasteiger partial charge on any atom is 0.248 e. The first-order valence-electron chi connectivity index (χ1n) is 11.7. The standard InChI is InChI=1S/C25H31N3O4S/c1-33(30,31)27-21-5-7-23-19(15-21)8-9-25(32-23)10-12-28(13-11-25)22-6-4-17-14-20(24(26)29)3-2-18(17)16-22/h2-3,5,7,14-15,22,27H,4,6,8-13,16H2,1H3,(H2,26,29). The maximum absolute atomic E-state index is 11.5. The normalized spacial score (nSPS) is 22.2. The fourth-order valence-corrected chi connectivity index (χ4v) is 6.20. The molecule has 1 atom stereocenters. The molecule has 0 bridgehead atoms. The molecule has 2 aromatic rings. The van der Waals surface area contributed by atoms with Crippen molar-refractivity contribution in [1.29, 1.82) is 0 Å². The van der Waals surface area contributed by atoms with E-state index in [1.54, 1.807) is 6.07 Å². The number of anilines is 1. The number of amides is 1. The highest BCUT2D eigenvalue weighted by molar-refractivity contribution is 7.92. The number of carbonyl (C=O) groups excluding carboxylic acids is 1. The zero-order valence-electron chi connectivity index (χ0n) is 19.0. The van der Waals surface area contributed by atoms with E-state index >= 15 is 0 Å². The van der Waals surface area contributed by atoms with Crippen LogP contribution in [0.25, 0.3) is 0 Å². The Labute approximate surface area is 195 Å². The molecule has 2 heterocycles. The van der Waals surface area contributed by atoms with Gasteiger partial charge in [-0.25, -0.2) is 8.42 Å². The molecule has 1 spiro atoms. The Kier molecular flexibility index (Phi) is 5.61. The molecule has 8 heteroatoms. The Hall–Kier alpha value is -2.58. The van der Waals surface area contributed by atoms with Gasteiger partial charge in [0.1, 0.15) is 11.4 Å². The highest BCUT2D eigenvalue weighted by atomic mass is 32.2. The van der Waals surface area contributed by atoms with Gasteiger partial charge in [0.15, 0.2) is 0 Å². The molecule has 33 heavy (non-hydrogen) atoms. The van der Waals surface area contributed by atoms with E-state index in [0.29, 0.717) is 17.3 Å². The maximum atomic E-state index is 11.5. The number of rotatable bonds is 4. The molecule has 1 fully saturated rings. The number of hydrogen-bond acceptors (Lipinski definition) is 5. The fraction of sp³-hybridized carbons (Fsp3) is 0.480. The minimum Gasteiger partial charge on any atom is -0.487 e. The quantitative estimate of drug-likeness (QED) is 0.717. The summed E-state index contributed by atoms with van der Waals surface area (Å²) in [6, 6.07) is 12.0. The van der Waals surface area contributed by atoms with Crippen LogP contribution in [0.15, 0.2) is 36.4 Å². The zero-order valence-corrected chi connectivity index (χ0v) is 19.8. The summed E-state index contributed by atoms with van der Waals surface area (Å²) in [4.78, 5) is 14.1. The molecule has 3 N–H and O–H groups in total. The van der Waals surface area contributed by atoms with Gasteiger partial charge in [0.05, 0.1) is 6.26 Å². The van der Waals surface area contributed by atoms with Crippen molar-refractivity contribution in [2.45, 2.75) is 56.6 Å². The molecule has 0 radical (unpaired) electrons. The number of likely N-dealkylation sites (tertiary alicyclic amines) is 1. The Bertz CT molecular complexity index is 1190. The van der Waals surface area contributed by atoms with Crippen LogP contribution < -0.4 is 15.2 Å². The number of ether oxygens (including phenoxy) is 1. The summed E-state index contributed by atoms with van der Waals surface area (Å²) >= 11 is 0. The number of aryl methyl sites for hydroxylation is 2. The lowest BCUT2D eigenvalue weighted by atomic mass is 9.81. The average Bonchev–Trinajstić information content (AvgIpc) is 2.78. The van der Waals surface area contributed by atoms with Crippen LogP contribution in [-0.2, 0) is 29.3 Å². The van der Waals surface area contributed by atoms with E-state index in [0.717, 1.165) is 75.6 Å². The fourth-order valence-electron chi connectivity index (χ4n) is 5.65. The Balaban J connectivity index is 1.21. The van der Waals surface area contributed by atoms with Crippen molar-refractivity contribution < 1.29 is 17.9 Å². The van der Waals surface area contributed by atoms with E-state index in [1.165, 1.54) is 11.1 Å². The number of nitrogens with two attached hydrogens (primary N) is 1. The summed E-state index contributed by atoms with van der Waals surface area (Å²) in [5.74, 6) is 0.517. The number of benzene rings is 2. The van der Waals surface area contributed by atoms with Gasteiger partial charge in [-0.05, 0) is 92.0 Å². The van der Waals surface area contributed by atoms with Crippen molar-refractivity contribution in [2.24, 2.45) is 5.73 Å². The van der Waals surface area contributed by atoms with Crippen LogP contribution in [-0.4, -0.2) is 50.2 Å². The number of nitrogens with one attached hydrogen (secondary N) is 1. The molecule has 2 aliphatic heterocycles. The Morgan fingerprint density at radius 3 is 2.58 bits per heavy atom. The molecule has 0 saturated carbocycles. The van der Waals surface area contributed by atoms with Gasteiger partial charge in [-0.2, -0.15) is 0 Å². The van der Waals surface area contributed by atoms with E-state index < -0.39 is 10.0 Å². The summed E-state index contributed by atoms with van der Waals surface area (Å²) in [5.41, 5.74) is 10.1. The molecule has 3 aliphatic rings. The second-order valence-corrected chi connectivity index (χ2v) is 11.5. The molecule has 1 amide bonds. The smallest absolute Gasteiger partial charge is 0.248 e. The molecular formula is C25H31N3O4S. The van der Waals surface area contributed by atoms with Crippen LogP contribution in [0.5, 0.6) is 5.75 Å². The molecule has 2 aromatic carbocycles. The van der Waals surface area contributed by atoms with Gasteiger partial charge >= 0.3 is 0 Å². The summed E-state index contributed by atoms with van der Waals surface area (Å²) < 4.78 is 32.1. The summed E-state index contributed by atoms with van der Waals surface area (Å²) in [5, 5.41) is 0. The van der Waals surface area contributed by atoms with Gasteiger partial charge in [0.25, 0.3) is 0 Å². The van der Waals surface area contributed by atoms with E-state index in [2.05, 4.69) is 15.7 Å². The minimum atomic E-state index is -3.29. The van der Waals surface area contributed by atoms with E-state index in [9.17, 15) is 13.2 Å². The SMILES string of the molecule is CS(=O)(=O)Nc1ccc2c(c1)CCC1(CCN(C3CCc4cc(C(N)=O)ccc4C3)CC1)O2. The molecule has 7 nitrogen and oxygen atoms in total. The number of carbonyl (C=O) groups is 1. The van der Waals surface area contributed by atoms with Crippen molar-refractivity contribution in [2.75, 3.05) is 24.1 Å². The lowest BCUT2D eigenvalue weighted by Gasteiger charge is -2.47. The third-order valence-electron chi connectivity index (χ3n) is 7.46. The van der Waals surface area contributed by atoms with Crippen LogP contribution in [0.4, 0.5) is 5.69 Å². The third-order valence-corrected chi connectivity index (χ3v) is 8.07. The van der Waals surface area contributed by atoms with Crippen LogP contribution in [0.3, 0.4) is 0 Å². The highest BCUT2D eigenvalue weighted by Crippen LogP contribution is 2.41. The van der Waals surface area contributed by atoms with E-state index in [-0.39, 0.29) is 11.5 Å². The predicted molar refractivity (Wildman–Crippen MR) is 128 cm³/mol. The number of hydrogen-bond donors (Lipinski definition) is 2. The van der Waals surface area contributed by atoms with Gasteiger partial charge in [-0.3, -0.25) is 14.4 Å². The van der Waals surface area contributed by atoms with Crippen LogP contribution in [0, 0.1) is 0 Å². The first-order chi connectivity index (χ1) is 15.7. The zero-order chi connectivity index (χ0) is 23.2. The number of piperidine rings is 1. The van der Waals surface area contributed by atoms with Gasteiger partial charge in [0, 0.05) is 30.4 Å². The molecule has 176 valence electrons. The van der Waals surface area contributed by atoms with Gasteiger partial charge in [-0.1, -0.05) is 6.07 Å². The minimum absolute atomic E-state index is 0.127. The van der Waals surface area contributed by atoms with Crippen molar-refractivity contribution >= 4 is 21.6 Å². The average molecular weight is 470 g/mol. The van der Waals surface area contributed by atoms with Crippen molar-refractivity contribution in [3.05, 3.63) is 58.7 Å². The number of fused-ring (bicyclic) bond motifs is 2. The highest BCUT2D eigenvalue weighted by Gasteiger charge is 2.41. The van der Waals surface area contributed by atoms with Gasteiger partial charge < -0.3 is 10.5 Å². The molecule has 0 aromatic heterocycles. The molecule has 5 rings (SSSR count). The molecule has 1 aliphatic carbocycles. The first-order valence-corrected chi connectivity index (χ1v) is 13.5. The predicted octanol–water partition coefficient (Wildman–Crippen LogP) is 2.87. The molecule has 1 unspecified atom stereocenters. The second kappa shape index (κ2) is 8.33. The van der Waals surface area contributed by atoms with Crippen molar-refractivity contribution in [3.8, 4) is 5.75 Å². The Morgan fingerprint density at radius 2 is 1.85 bits per heavy atom. The van der Waals surface area contributed by atoms with Crippen molar-refractivity contribution in [3.63, 3.8) is 0 Å². The van der Waals surface area contributed by atoms with Crippen LogP contribution in [0.1, 0.15) is 52.7 Å². The summed E-state index contributed by atoms with van der Waals surface area (Å²) in [6.07, 6.45) is 8.11. The third kappa shape index (κ3) is 4.73. The number of sulfonamides is 1. The van der Waals surface area contributed by atoms with Gasteiger partial charge in [-0.15, -0.1) is 0 Å². The lowest BCUT2D eigenvalue weighted by molar-refractivity contribution is -0.0259. The second-order valence-electron chi connectivity index (χ2n) is 9.76. The van der Waals surface area contributed by atoms with Crippen molar-refractivity contribution in [1.82, 2.24) is 4.90 Å². The molecule has 1 saturated heterocycles. The summed E-state index contributed by atoms with van der Waals surface area (Å²) in [6.45, 7) is 2.03. The van der Waals surface area contributed by atoms with Crippen LogP contribution in [0.2, 0.25) is 0 Å². The largest absolute Gasteiger partial charge is 0.487 e. The van der Waals surface area contributed by atoms with Crippen LogP contribution >= 0.6 is 0 Å². The number of nitrogens with zero attached hydrogens (tertiary/aromatic N) is 1.